The average molecular weight is 401 g/mol. The van der Waals surface area contributed by atoms with E-state index in [1.54, 1.807) is 11.8 Å². The first-order valence-corrected chi connectivity index (χ1v) is 10.2. The summed E-state index contributed by atoms with van der Waals surface area (Å²) in [7, 11) is 0. The van der Waals surface area contributed by atoms with E-state index >= 15 is 0 Å². The number of piperidine rings is 1. The lowest BCUT2D eigenvalue weighted by molar-refractivity contribution is -0.147. The molecule has 1 unspecified atom stereocenters. The van der Waals surface area contributed by atoms with Crippen LogP contribution in [0.2, 0.25) is 0 Å². The van der Waals surface area contributed by atoms with Gasteiger partial charge in [-0.3, -0.25) is 4.79 Å². The van der Waals surface area contributed by atoms with Crippen LogP contribution in [-0.4, -0.2) is 42.3 Å². The lowest BCUT2D eigenvalue weighted by Gasteiger charge is -2.44. The number of hydrogen-bond donors (Lipinski definition) is 0. The molecule has 0 saturated carbocycles. The van der Waals surface area contributed by atoms with E-state index in [2.05, 4.69) is 6.07 Å². The summed E-state index contributed by atoms with van der Waals surface area (Å²) in [6.07, 6.45) is 0.886. The highest BCUT2D eigenvalue weighted by Gasteiger charge is 2.46. The molecule has 0 spiro atoms. The monoisotopic (exact) mass is 400 g/mol. The van der Waals surface area contributed by atoms with Crippen molar-refractivity contribution in [2.75, 3.05) is 19.7 Å². The number of ether oxygens (including phenoxy) is 2. The third-order valence-corrected chi connectivity index (χ3v) is 5.45. The smallest absolute Gasteiger partial charge is 0.410 e. The number of likely N-dealkylation sites (tertiary alicyclic amines) is 1. The molecule has 1 heterocycles. The molecule has 2 rings (SSSR count). The van der Waals surface area contributed by atoms with Crippen LogP contribution in [0.25, 0.3) is 0 Å². The van der Waals surface area contributed by atoms with Crippen LogP contribution in [0.5, 0.6) is 0 Å². The molecule has 1 aliphatic rings. The minimum absolute atomic E-state index is 0.162. The first-order valence-electron chi connectivity index (χ1n) is 10.2. The molecule has 1 aromatic carbocycles. The molecule has 0 bridgehead atoms. The Morgan fingerprint density at radius 3 is 2.38 bits per heavy atom. The van der Waals surface area contributed by atoms with E-state index in [0.29, 0.717) is 32.5 Å². The molecule has 0 N–H and O–H groups in total. The fourth-order valence-electron chi connectivity index (χ4n) is 3.98. The zero-order chi connectivity index (χ0) is 21.7. The second-order valence-corrected chi connectivity index (χ2v) is 8.73. The molecule has 1 aromatic rings. The predicted molar refractivity (Wildman–Crippen MR) is 110 cm³/mol. The first-order chi connectivity index (χ1) is 13.6. The first kappa shape index (κ1) is 22.7. The highest BCUT2D eigenvalue weighted by atomic mass is 16.6. The van der Waals surface area contributed by atoms with Crippen molar-refractivity contribution >= 4 is 12.1 Å². The van der Waals surface area contributed by atoms with Crippen molar-refractivity contribution in [1.29, 1.82) is 5.26 Å². The molecule has 6 nitrogen and oxygen atoms in total. The normalized spacial score (nSPS) is 17.2. The largest absolute Gasteiger partial charge is 0.466 e. The summed E-state index contributed by atoms with van der Waals surface area (Å²) in [5.74, 6) is -0.749. The summed E-state index contributed by atoms with van der Waals surface area (Å²) in [5, 5.41) is 10.1. The quantitative estimate of drug-likeness (QED) is 0.676. The van der Waals surface area contributed by atoms with Crippen molar-refractivity contribution < 1.29 is 19.1 Å². The third kappa shape index (κ3) is 5.72. The number of aryl methyl sites for hydroxylation is 1. The van der Waals surface area contributed by atoms with Gasteiger partial charge in [-0.2, -0.15) is 5.26 Å². The molecule has 1 atom stereocenters. The maximum absolute atomic E-state index is 12.5. The van der Waals surface area contributed by atoms with E-state index in [9.17, 15) is 14.9 Å². The lowest BCUT2D eigenvalue weighted by Crippen LogP contribution is -2.47. The van der Waals surface area contributed by atoms with Crippen molar-refractivity contribution in [2.24, 2.45) is 5.41 Å². The van der Waals surface area contributed by atoms with Gasteiger partial charge in [-0.15, -0.1) is 0 Å². The van der Waals surface area contributed by atoms with Crippen molar-refractivity contribution in [3.05, 3.63) is 35.4 Å². The van der Waals surface area contributed by atoms with Crippen molar-refractivity contribution in [1.82, 2.24) is 4.90 Å². The van der Waals surface area contributed by atoms with Crippen molar-refractivity contribution in [3.63, 3.8) is 0 Å². The summed E-state index contributed by atoms with van der Waals surface area (Å²) >= 11 is 0. The minimum atomic E-state index is -0.578. The minimum Gasteiger partial charge on any atom is -0.466 e. The summed E-state index contributed by atoms with van der Waals surface area (Å²) < 4.78 is 10.7. The average Bonchev–Trinajstić information content (AvgIpc) is 2.63. The van der Waals surface area contributed by atoms with E-state index in [0.717, 1.165) is 11.1 Å². The fourth-order valence-corrected chi connectivity index (χ4v) is 3.98. The number of nitrogens with zero attached hydrogens (tertiary/aromatic N) is 2. The number of nitriles is 1. The maximum Gasteiger partial charge on any atom is 0.410 e. The number of hydrogen-bond acceptors (Lipinski definition) is 5. The molecule has 0 radical (unpaired) electrons. The molecule has 158 valence electrons. The SMILES string of the molecule is CCOC(=O)CC1(C(C#N)c2ccccc2C)CCN(C(=O)OC(C)(C)C)CC1. The fraction of sp³-hybridized carbons (Fsp3) is 0.609. The molecule has 6 heteroatoms. The maximum atomic E-state index is 12.5. The molecule has 29 heavy (non-hydrogen) atoms. The number of benzene rings is 1. The Morgan fingerprint density at radius 2 is 1.86 bits per heavy atom. The van der Waals surface area contributed by atoms with Crippen LogP contribution in [-0.2, 0) is 14.3 Å². The number of rotatable bonds is 5. The van der Waals surface area contributed by atoms with Gasteiger partial charge in [0.2, 0.25) is 0 Å². The Labute approximate surface area is 173 Å². The van der Waals surface area contributed by atoms with Gasteiger partial charge in [0.05, 0.1) is 25.0 Å². The Morgan fingerprint density at radius 1 is 1.24 bits per heavy atom. The van der Waals surface area contributed by atoms with E-state index in [1.807, 2.05) is 52.0 Å². The van der Waals surface area contributed by atoms with Crippen LogP contribution in [0, 0.1) is 23.7 Å². The summed E-state index contributed by atoms with van der Waals surface area (Å²) in [4.78, 5) is 26.5. The summed E-state index contributed by atoms with van der Waals surface area (Å²) in [6, 6.07) is 10.2. The van der Waals surface area contributed by atoms with Gasteiger partial charge in [-0.25, -0.2) is 4.79 Å². The molecule has 0 aromatic heterocycles. The Balaban J connectivity index is 2.29. The van der Waals surface area contributed by atoms with Crippen LogP contribution < -0.4 is 0 Å². The van der Waals surface area contributed by atoms with E-state index in [4.69, 9.17) is 9.47 Å². The second kappa shape index (κ2) is 9.30. The van der Waals surface area contributed by atoms with E-state index < -0.39 is 16.9 Å². The Hall–Kier alpha value is -2.55. The molecule has 1 fully saturated rings. The van der Waals surface area contributed by atoms with Gasteiger partial charge in [0.15, 0.2) is 0 Å². The van der Waals surface area contributed by atoms with Gasteiger partial charge in [-0.05, 0) is 58.6 Å². The Bertz CT molecular complexity index is 768. The molecule has 0 aliphatic carbocycles. The van der Waals surface area contributed by atoms with Crippen LogP contribution >= 0.6 is 0 Å². The zero-order valence-electron chi connectivity index (χ0n) is 18.2. The van der Waals surface area contributed by atoms with Gasteiger partial charge in [0.25, 0.3) is 0 Å². The topological polar surface area (TPSA) is 79.6 Å². The summed E-state index contributed by atoms with van der Waals surface area (Å²) in [6.45, 7) is 10.5. The number of amides is 1. The Kier molecular flexibility index (Phi) is 7.29. The summed E-state index contributed by atoms with van der Waals surface area (Å²) in [5.41, 5.74) is 0.820. The van der Waals surface area contributed by atoms with Gasteiger partial charge >= 0.3 is 12.1 Å². The van der Waals surface area contributed by atoms with E-state index in [1.165, 1.54) is 0 Å². The molecule has 1 saturated heterocycles. The molecular formula is C23H32N2O4. The molecular weight excluding hydrogens is 368 g/mol. The van der Waals surface area contributed by atoms with Gasteiger partial charge in [0, 0.05) is 18.5 Å². The third-order valence-electron chi connectivity index (χ3n) is 5.45. The standard InChI is InChI=1S/C23H32N2O4/c1-6-28-20(26)15-23(19(16-24)18-10-8-7-9-17(18)2)11-13-25(14-12-23)21(27)29-22(3,4)5/h7-10,19H,6,11-15H2,1-5H3. The van der Waals surface area contributed by atoms with Gasteiger partial charge < -0.3 is 14.4 Å². The van der Waals surface area contributed by atoms with Crippen molar-refractivity contribution in [2.45, 2.75) is 65.4 Å². The predicted octanol–water partition coefficient (Wildman–Crippen LogP) is 4.57. The van der Waals surface area contributed by atoms with Crippen LogP contribution in [0.15, 0.2) is 24.3 Å². The van der Waals surface area contributed by atoms with Gasteiger partial charge in [0.1, 0.15) is 5.60 Å². The number of esters is 1. The highest BCUT2D eigenvalue weighted by Crippen LogP contribution is 2.48. The van der Waals surface area contributed by atoms with E-state index in [-0.39, 0.29) is 18.5 Å². The number of carbonyl (C=O) groups is 2. The lowest BCUT2D eigenvalue weighted by atomic mass is 9.64. The van der Waals surface area contributed by atoms with Crippen LogP contribution in [0.4, 0.5) is 4.79 Å². The van der Waals surface area contributed by atoms with Crippen LogP contribution in [0.1, 0.15) is 64.0 Å². The molecule has 1 amide bonds. The number of carbonyl (C=O) groups excluding carboxylic acids is 2. The molecule has 1 aliphatic heterocycles. The van der Waals surface area contributed by atoms with Crippen molar-refractivity contribution in [3.8, 4) is 6.07 Å². The highest BCUT2D eigenvalue weighted by molar-refractivity contribution is 5.71. The van der Waals surface area contributed by atoms with Gasteiger partial charge in [-0.1, -0.05) is 24.3 Å². The van der Waals surface area contributed by atoms with Crippen LogP contribution in [0.3, 0.4) is 0 Å². The second-order valence-electron chi connectivity index (χ2n) is 8.73. The zero-order valence-corrected chi connectivity index (χ0v) is 18.2.